The summed E-state index contributed by atoms with van der Waals surface area (Å²) in [6.45, 7) is 0. The highest BCUT2D eigenvalue weighted by Crippen LogP contribution is 2.42. The lowest BCUT2D eigenvalue weighted by Crippen LogP contribution is -2.46. The number of aliphatic hydroxyl groups excluding tert-OH is 1. The Kier molecular flexibility index (Phi) is 2.60. The van der Waals surface area contributed by atoms with Crippen LogP contribution in [0.15, 0.2) is 30.3 Å². The first-order valence-electron chi connectivity index (χ1n) is 6.22. The van der Waals surface area contributed by atoms with Gasteiger partial charge in [-0.15, -0.1) is 0 Å². The van der Waals surface area contributed by atoms with Gasteiger partial charge in [-0.25, -0.2) is 0 Å². The second-order valence-corrected chi connectivity index (χ2v) is 5.11. The van der Waals surface area contributed by atoms with Crippen LogP contribution in [-0.4, -0.2) is 17.3 Å². The lowest BCUT2D eigenvalue weighted by atomic mass is 9.67. The molecule has 0 radical (unpaired) electrons. The molecule has 4 rings (SSSR count). The Labute approximate surface area is 96.2 Å². The maximum Gasteiger partial charge on any atom is 0.119 e. The summed E-state index contributed by atoms with van der Waals surface area (Å²) >= 11 is 0. The molecule has 3 saturated carbocycles. The van der Waals surface area contributed by atoms with Gasteiger partial charge in [0.25, 0.3) is 0 Å². The zero-order valence-electron chi connectivity index (χ0n) is 9.38. The molecule has 0 heterocycles. The molecule has 4 atom stereocenters. The Morgan fingerprint density at radius 2 is 1.75 bits per heavy atom. The van der Waals surface area contributed by atoms with Gasteiger partial charge in [-0.1, -0.05) is 18.2 Å². The van der Waals surface area contributed by atoms with Gasteiger partial charge >= 0.3 is 0 Å². The number of rotatable bonds is 2. The van der Waals surface area contributed by atoms with Crippen molar-refractivity contribution in [3.63, 3.8) is 0 Å². The number of ether oxygens (including phenoxy) is 1. The molecule has 0 amide bonds. The van der Waals surface area contributed by atoms with Gasteiger partial charge in [0.15, 0.2) is 0 Å². The summed E-state index contributed by atoms with van der Waals surface area (Å²) in [5, 5.41) is 9.83. The SMILES string of the molecule is OC1CC2CCC1CC2Oc1ccccc1. The van der Waals surface area contributed by atoms with Crippen LogP contribution in [0.5, 0.6) is 5.75 Å². The molecule has 3 aliphatic carbocycles. The highest BCUT2D eigenvalue weighted by molar-refractivity contribution is 5.21. The average molecular weight is 218 g/mol. The zero-order valence-corrected chi connectivity index (χ0v) is 9.38. The third-order valence-corrected chi connectivity index (χ3v) is 4.09. The molecule has 0 spiro atoms. The molecule has 16 heavy (non-hydrogen) atoms. The second kappa shape index (κ2) is 4.10. The van der Waals surface area contributed by atoms with E-state index in [1.54, 1.807) is 0 Å². The molecule has 2 bridgehead atoms. The number of fused-ring (bicyclic) bond motifs is 3. The summed E-state index contributed by atoms with van der Waals surface area (Å²) in [5.41, 5.74) is 0. The molecule has 4 unspecified atom stereocenters. The van der Waals surface area contributed by atoms with Crippen LogP contribution in [-0.2, 0) is 0 Å². The fraction of sp³-hybridized carbons (Fsp3) is 0.571. The smallest absolute Gasteiger partial charge is 0.119 e. The fourth-order valence-electron chi connectivity index (χ4n) is 3.16. The molecular weight excluding hydrogens is 200 g/mol. The number of hydrogen-bond acceptors (Lipinski definition) is 2. The minimum atomic E-state index is -0.0747. The van der Waals surface area contributed by atoms with Crippen molar-refractivity contribution in [1.82, 2.24) is 0 Å². The largest absolute Gasteiger partial charge is 0.490 e. The van der Waals surface area contributed by atoms with Gasteiger partial charge < -0.3 is 9.84 Å². The van der Waals surface area contributed by atoms with E-state index in [-0.39, 0.29) is 6.10 Å². The van der Waals surface area contributed by atoms with Crippen LogP contribution in [0.1, 0.15) is 25.7 Å². The molecule has 1 N–H and O–H groups in total. The molecule has 2 heteroatoms. The number of aliphatic hydroxyl groups is 1. The van der Waals surface area contributed by atoms with Gasteiger partial charge in [0.05, 0.1) is 6.10 Å². The van der Waals surface area contributed by atoms with Gasteiger partial charge in [0, 0.05) is 0 Å². The molecule has 0 aliphatic heterocycles. The Balaban J connectivity index is 1.69. The first kappa shape index (κ1) is 10.2. The summed E-state index contributed by atoms with van der Waals surface area (Å²) in [7, 11) is 0. The lowest BCUT2D eigenvalue weighted by Gasteiger charge is -2.44. The lowest BCUT2D eigenvalue weighted by molar-refractivity contribution is -0.0614. The van der Waals surface area contributed by atoms with E-state index in [2.05, 4.69) is 0 Å². The summed E-state index contributed by atoms with van der Waals surface area (Å²) < 4.78 is 6.03. The zero-order chi connectivity index (χ0) is 11.0. The van der Waals surface area contributed by atoms with Crippen molar-refractivity contribution >= 4 is 0 Å². The van der Waals surface area contributed by atoms with Gasteiger partial charge in [-0.3, -0.25) is 0 Å². The van der Waals surface area contributed by atoms with E-state index >= 15 is 0 Å². The Bertz CT molecular complexity index is 349. The monoisotopic (exact) mass is 218 g/mol. The van der Waals surface area contributed by atoms with Crippen LogP contribution in [0.25, 0.3) is 0 Å². The maximum atomic E-state index is 9.83. The summed E-state index contributed by atoms with van der Waals surface area (Å²) in [6, 6.07) is 10.0. The van der Waals surface area contributed by atoms with Crippen LogP contribution >= 0.6 is 0 Å². The van der Waals surface area contributed by atoms with Crippen molar-refractivity contribution in [3.8, 4) is 5.75 Å². The fourth-order valence-corrected chi connectivity index (χ4v) is 3.16. The number of para-hydroxylation sites is 1. The van der Waals surface area contributed by atoms with Crippen LogP contribution in [0.2, 0.25) is 0 Å². The third-order valence-electron chi connectivity index (χ3n) is 4.09. The molecule has 3 aliphatic rings. The van der Waals surface area contributed by atoms with Crippen molar-refractivity contribution in [2.75, 3.05) is 0 Å². The van der Waals surface area contributed by atoms with Crippen molar-refractivity contribution in [3.05, 3.63) is 30.3 Å². The van der Waals surface area contributed by atoms with Crippen molar-refractivity contribution < 1.29 is 9.84 Å². The van der Waals surface area contributed by atoms with Crippen molar-refractivity contribution in [1.29, 1.82) is 0 Å². The first-order valence-corrected chi connectivity index (χ1v) is 6.22. The number of hydrogen-bond donors (Lipinski definition) is 1. The predicted molar refractivity (Wildman–Crippen MR) is 62.3 cm³/mol. The van der Waals surface area contributed by atoms with Gasteiger partial charge in [-0.2, -0.15) is 0 Å². The molecule has 0 saturated heterocycles. The van der Waals surface area contributed by atoms with E-state index in [1.807, 2.05) is 30.3 Å². The van der Waals surface area contributed by atoms with E-state index in [1.165, 1.54) is 12.8 Å². The first-order chi connectivity index (χ1) is 7.83. The highest BCUT2D eigenvalue weighted by Gasteiger charge is 2.42. The van der Waals surface area contributed by atoms with Crippen LogP contribution in [0.3, 0.4) is 0 Å². The molecule has 3 fully saturated rings. The van der Waals surface area contributed by atoms with Gasteiger partial charge in [-0.05, 0) is 49.7 Å². The van der Waals surface area contributed by atoms with E-state index in [4.69, 9.17) is 4.74 Å². The average Bonchev–Trinajstić information content (AvgIpc) is 2.32. The van der Waals surface area contributed by atoms with E-state index < -0.39 is 0 Å². The van der Waals surface area contributed by atoms with Crippen LogP contribution < -0.4 is 4.74 Å². The topological polar surface area (TPSA) is 29.5 Å². The van der Waals surface area contributed by atoms with E-state index in [9.17, 15) is 5.11 Å². The molecule has 0 aromatic heterocycles. The Morgan fingerprint density at radius 3 is 2.38 bits per heavy atom. The highest BCUT2D eigenvalue weighted by atomic mass is 16.5. The Morgan fingerprint density at radius 1 is 1.00 bits per heavy atom. The van der Waals surface area contributed by atoms with Gasteiger partial charge in [0.2, 0.25) is 0 Å². The normalized spacial score (nSPS) is 37.3. The number of benzene rings is 1. The molecule has 2 nitrogen and oxygen atoms in total. The standard InChI is InChI=1S/C14H18O2/c15-13-8-11-7-6-10(13)9-14(11)16-12-4-2-1-3-5-12/h1-5,10-11,13-15H,6-9H2. The third kappa shape index (κ3) is 1.82. The second-order valence-electron chi connectivity index (χ2n) is 5.11. The Hall–Kier alpha value is -1.02. The molecule has 86 valence electrons. The summed E-state index contributed by atoms with van der Waals surface area (Å²) in [4.78, 5) is 0. The predicted octanol–water partition coefficient (Wildman–Crippen LogP) is 2.61. The molecule has 1 aromatic rings. The van der Waals surface area contributed by atoms with Crippen molar-refractivity contribution in [2.45, 2.75) is 37.9 Å². The van der Waals surface area contributed by atoms with Crippen LogP contribution in [0, 0.1) is 11.8 Å². The van der Waals surface area contributed by atoms with E-state index in [0.717, 1.165) is 18.6 Å². The summed E-state index contributed by atoms with van der Waals surface area (Å²) in [6.07, 6.45) is 4.61. The van der Waals surface area contributed by atoms with Gasteiger partial charge in [0.1, 0.15) is 11.9 Å². The minimum absolute atomic E-state index is 0.0747. The molecule has 1 aromatic carbocycles. The summed E-state index contributed by atoms with van der Waals surface area (Å²) in [5.74, 6) is 1.99. The van der Waals surface area contributed by atoms with Crippen LogP contribution in [0.4, 0.5) is 0 Å². The maximum absolute atomic E-state index is 9.83. The van der Waals surface area contributed by atoms with Crippen molar-refractivity contribution in [2.24, 2.45) is 11.8 Å². The van der Waals surface area contributed by atoms with E-state index in [0.29, 0.717) is 17.9 Å². The minimum Gasteiger partial charge on any atom is -0.490 e. The molecular formula is C14H18O2. The quantitative estimate of drug-likeness (QED) is 0.826.